The second-order valence-electron chi connectivity index (χ2n) is 5.85. The summed E-state index contributed by atoms with van der Waals surface area (Å²) in [5.41, 5.74) is -1.31. The molecule has 4 N–H and O–H groups in total. The number of aliphatic hydroxyl groups is 1. The zero-order valence-corrected chi connectivity index (χ0v) is 12.9. The minimum Gasteiger partial charge on any atom is -0.463 e. The minimum atomic E-state index is -1.31. The molecule has 0 radical (unpaired) electrons. The van der Waals surface area contributed by atoms with Crippen LogP contribution in [0.4, 0.5) is 4.79 Å². The van der Waals surface area contributed by atoms with Crippen LogP contribution in [0.5, 0.6) is 0 Å². The van der Waals surface area contributed by atoms with E-state index in [-0.39, 0.29) is 12.5 Å². The maximum atomic E-state index is 11.9. The zero-order chi connectivity index (χ0) is 16.2. The highest BCUT2D eigenvalue weighted by Crippen LogP contribution is 2.21. The summed E-state index contributed by atoms with van der Waals surface area (Å²) in [4.78, 5) is 23.7. The van der Waals surface area contributed by atoms with Gasteiger partial charge in [-0.05, 0) is 45.2 Å². The second kappa shape index (κ2) is 6.83. The van der Waals surface area contributed by atoms with Gasteiger partial charge in [-0.15, -0.1) is 0 Å². The molecule has 1 aliphatic heterocycles. The number of hydrogen-bond donors (Lipinski definition) is 4. The van der Waals surface area contributed by atoms with Gasteiger partial charge in [0.15, 0.2) is 0 Å². The van der Waals surface area contributed by atoms with Crippen LogP contribution in [0.1, 0.15) is 37.7 Å². The molecule has 1 aromatic rings. The van der Waals surface area contributed by atoms with Gasteiger partial charge < -0.3 is 25.5 Å². The van der Waals surface area contributed by atoms with Crippen LogP contribution < -0.4 is 16.0 Å². The molecule has 2 atom stereocenters. The SMILES string of the molecule is Cc1ccc([C@](C)(O)CNC(=O)N[C@@H]2CCCCNC2=O)o1. The molecule has 0 unspecified atom stereocenters. The Bertz CT molecular complexity index is 539. The molecule has 0 bridgehead atoms. The summed E-state index contributed by atoms with van der Waals surface area (Å²) in [5, 5.41) is 18.3. The topological polar surface area (TPSA) is 104 Å². The summed E-state index contributed by atoms with van der Waals surface area (Å²) in [6.45, 7) is 3.97. The average molecular weight is 309 g/mol. The van der Waals surface area contributed by atoms with Gasteiger partial charge in [0.25, 0.3) is 0 Å². The summed E-state index contributed by atoms with van der Waals surface area (Å²) < 4.78 is 5.38. The number of hydrogen-bond acceptors (Lipinski definition) is 4. The van der Waals surface area contributed by atoms with Crippen LogP contribution in [-0.2, 0) is 10.4 Å². The molecule has 7 heteroatoms. The highest BCUT2D eigenvalue weighted by molar-refractivity contribution is 5.87. The second-order valence-corrected chi connectivity index (χ2v) is 5.85. The third kappa shape index (κ3) is 4.24. The molecule has 0 aromatic carbocycles. The Morgan fingerprint density at radius 1 is 1.50 bits per heavy atom. The molecule has 1 aliphatic rings. The van der Waals surface area contributed by atoms with Gasteiger partial charge in [0.05, 0.1) is 6.54 Å². The van der Waals surface area contributed by atoms with Crippen molar-refractivity contribution in [3.05, 3.63) is 23.7 Å². The van der Waals surface area contributed by atoms with E-state index in [0.717, 1.165) is 12.8 Å². The van der Waals surface area contributed by atoms with Gasteiger partial charge in [0, 0.05) is 6.54 Å². The predicted octanol–water partition coefficient (Wildman–Crippen LogP) is 0.763. The van der Waals surface area contributed by atoms with Crippen molar-refractivity contribution in [2.24, 2.45) is 0 Å². The van der Waals surface area contributed by atoms with E-state index in [1.54, 1.807) is 26.0 Å². The first-order chi connectivity index (χ1) is 10.4. The number of carbonyl (C=O) groups is 2. The number of carbonyl (C=O) groups excluding carboxylic acids is 2. The number of nitrogens with one attached hydrogen (secondary N) is 3. The van der Waals surface area contributed by atoms with Crippen molar-refractivity contribution < 1.29 is 19.1 Å². The van der Waals surface area contributed by atoms with E-state index >= 15 is 0 Å². The highest BCUT2D eigenvalue weighted by Gasteiger charge is 2.28. The molecule has 1 fully saturated rings. The number of amides is 3. The summed E-state index contributed by atoms with van der Waals surface area (Å²) in [6, 6.07) is 2.41. The summed E-state index contributed by atoms with van der Waals surface area (Å²) >= 11 is 0. The summed E-state index contributed by atoms with van der Waals surface area (Å²) in [6.07, 6.45) is 2.41. The normalized spacial score (nSPS) is 21.4. The standard InChI is InChI=1S/C15H23N3O4/c1-10-6-7-12(22-10)15(2,21)9-17-14(20)18-11-5-3-4-8-16-13(11)19/h6-7,11,21H,3-5,8-9H2,1-2H3,(H,16,19)(H2,17,18,20)/t11-,15-/m1/s1. The van der Waals surface area contributed by atoms with Crippen molar-refractivity contribution in [3.8, 4) is 0 Å². The van der Waals surface area contributed by atoms with Crippen molar-refractivity contribution in [3.63, 3.8) is 0 Å². The van der Waals surface area contributed by atoms with Gasteiger partial charge in [-0.1, -0.05) is 0 Å². The van der Waals surface area contributed by atoms with E-state index in [1.165, 1.54) is 0 Å². The summed E-state index contributed by atoms with van der Waals surface area (Å²) in [5.74, 6) is 0.911. The van der Waals surface area contributed by atoms with E-state index < -0.39 is 17.7 Å². The number of furan rings is 1. The van der Waals surface area contributed by atoms with E-state index in [4.69, 9.17) is 4.42 Å². The first-order valence-electron chi connectivity index (χ1n) is 7.50. The van der Waals surface area contributed by atoms with Crippen LogP contribution in [0.2, 0.25) is 0 Å². The predicted molar refractivity (Wildman–Crippen MR) is 80.2 cm³/mol. The molecule has 2 heterocycles. The van der Waals surface area contributed by atoms with Crippen LogP contribution in [-0.4, -0.2) is 36.2 Å². The maximum Gasteiger partial charge on any atom is 0.315 e. The zero-order valence-electron chi connectivity index (χ0n) is 12.9. The van der Waals surface area contributed by atoms with Crippen molar-refractivity contribution in [2.75, 3.05) is 13.1 Å². The Hall–Kier alpha value is -2.02. The quantitative estimate of drug-likeness (QED) is 0.659. The van der Waals surface area contributed by atoms with Crippen molar-refractivity contribution >= 4 is 11.9 Å². The maximum absolute atomic E-state index is 11.9. The Balaban J connectivity index is 1.85. The molecule has 122 valence electrons. The van der Waals surface area contributed by atoms with Gasteiger partial charge in [-0.3, -0.25) is 4.79 Å². The third-order valence-electron chi connectivity index (χ3n) is 3.70. The molecule has 0 aliphatic carbocycles. The average Bonchev–Trinajstić information content (AvgIpc) is 2.81. The van der Waals surface area contributed by atoms with E-state index in [9.17, 15) is 14.7 Å². The highest BCUT2D eigenvalue weighted by atomic mass is 16.4. The van der Waals surface area contributed by atoms with E-state index in [0.29, 0.717) is 24.5 Å². The van der Waals surface area contributed by atoms with Gasteiger partial charge in [-0.2, -0.15) is 0 Å². The fourth-order valence-electron chi connectivity index (χ4n) is 2.35. The lowest BCUT2D eigenvalue weighted by Crippen LogP contribution is -2.51. The Morgan fingerprint density at radius 2 is 2.27 bits per heavy atom. The first-order valence-corrected chi connectivity index (χ1v) is 7.50. The summed E-state index contributed by atoms with van der Waals surface area (Å²) in [7, 11) is 0. The molecular formula is C15H23N3O4. The van der Waals surface area contributed by atoms with E-state index in [1.807, 2.05) is 0 Å². The molecule has 2 rings (SSSR count). The van der Waals surface area contributed by atoms with Crippen molar-refractivity contribution in [2.45, 2.75) is 44.8 Å². The number of rotatable bonds is 4. The minimum absolute atomic E-state index is 0.0138. The Morgan fingerprint density at radius 3 is 2.95 bits per heavy atom. The molecule has 7 nitrogen and oxygen atoms in total. The smallest absolute Gasteiger partial charge is 0.315 e. The largest absolute Gasteiger partial charge is 0.463 e. The van der Waals surface area contributed by atoms with Crippen LogP contribution >= 0.6 is 0 Å². The molecule has 3 amide bonds. The molecular weight excluding hydrogens is 286 g/mol. The van der Waals surface area contributed by atoms with Crippen LogP contribution in [0.25, 0.3) is 0 Å². The first kappa shape index (κ1) is 16.4. The van der Waals surface area contributed by atoms with Gasteiger partial charge in [0.1, 0.15) is 23.2 Å². The van der Waals surface area contributed by atoms with Gasteiger partial charge in [0.2, 0.25) is 5.91 Å². The lowest BCUT2D eigenvalue weighted by molar-refractivity contribution is -0.122. The van der Waals surface area contributed by atoms with Gasteiger partial charge >= 0.3 is 6.03 Å². The molecule has 1 saturated heterocycles. The fraction of sp³-hybridized carbons (Fsp3) is 0.600. The Kier molecular flexibility index (Phi) is 5.07. The van der Waals surface area contributed by atoms with Gasteiger partial charge in [-0.25, -0.2) is 4.79 Å². The monoisotopic (exact) mass is 309 g/mol. The lowest BCUT2D eigenvalue weighted by Gasteiger charge is -2.22. The van der Waals surface area contributed by atoms with Crippen molar-refractivity contribution in [1.29, 1.82) is 0 Å². The molecule has 0 spiro atoms. The number of urea groups is 1. The Labute approximate surface area is 129 Å². The fourth-order valence-corrected chi connectivity index (χ4v) is 2.35. The third-order valence-corrected chi connectivity index (χ3v) is 3.70. The number of aryl methyl sites for hydroxylation is 1. The van der Waals surface area contributed by atoms with E-state index in [2.05, 4.69) is 16.0 Å². The lowest BCUT2D eigenvalue weighted by atomic mass is 10.0. The molecule has 0 saturated carbocycles. The van der Waals surface area contributed by atoms with Crippen LogP contribution in [0.15, 0.2) is 16.5 Å². The van der Waals surface area contributed by atoms with Crippen LogP contribution in [0.3, 0.4) is 0 Å². The van der Waals surface area contributed by atoms with Crippen molar-refractivity contribution in [1.82, 2.24) is 16.0 Å². The van der Waals surface area contributed by atoms with Crippen LogP contribution in [0, 0.1) is 6.92 Å². The molecule has 22 heavy (non-hydrogen) atoms. The molecule has 1 aromatic heterocycles.